The van der Waals surface area contributed by atoms with Crippen molar-refractivity contribution in [3.8, 4) is 5.75 Å². The number of nitrogens with zero attached hydrogens (tertiary/aromatic N) is 1. The third-order valence-electron chi connectivity index (χ3n) is 5.68. The van der Waals surface area contributed by atoms with Crippen LogP contribution in [0.15, 0.2) is 48.5 Å². The van der Waals surface area contributed by atoms with E-state index in [1.807, 2.05) is 43.3 Å². The Hall–Kier alpha value is -2.66. The number of Topliss-reactive ketones (excluding diaryl/α,β-unsaturated/α-hetero) is 1. The molecule has 1 saturated heterocycles. The highest BCUT2D eigenvalue weighted by Gasteiger charge is 2.20. The van der Waals surface area contributed by atoms with Gasteiger partial charge in [-0.25, -0.2) is 0 Å². The van der Waals surface area contributed by atoms with Crippen molar-refractivity contribution in [2.24, 2.45) is 0 Å². The van der Waals surface area contributed by atoms with Gasteiger partial charge < -0.3 is 15.0 Å². The van der Waals surface area contributed by atoms with Gasteiger partial charge >= 0.3 is 0 Å². The van der Waals surface area contributed by atoms with Crippen molar-refractivity contribution in [2.45, 2.75) is 45.4 Å². The zero-order valence-corrected chi connectivity index (χ0v) is 18.0. The van der Waals surface area contributed by atoms with E-state index in [1.54, 1.807) is 6.92 Å². The summed E-state index contributed by atoms with van der Waals surface area (Å²) in [6.07, 6.45) is 3.72. The maximum atomic E-state index is 11.6. The number of benzene rings is 2. The normalized spacial score (nSPS) is 15.0. The van der Waals surface area contributed by atoms with E-state index >= 15 is 0 Å². The predicted octanol–water partition coefficient (Wildman–Crippen LogP) is 4.89. The minimum absolute atomic E-state index is 0.0530. The number of ketones is 1. The molecule has 0 unspecified atom stereocenters. The lowest BCUT2D eigenvalue weighted by Gasteiger charge is -2.32. The Kier molecular flexibility index (Phi) is 8.03. The van der Waals surface area contributed by atoms with Gasteiger partial charge in [0.1, 0.15) is 5.75 Å². The van der Waals surface area contributed by atoms with E-state index < -0.39 is 0 Å². The summed E-state index contributed by atoms with van der Waals surface area (Å²) in [5.74, 6) is 1.42. The molecular formula is C25H32N2O3. The Morgan fingerprint density at radius 1 is 1.10 bits per heavy atom. The van der Waals surface area contributed by atoms with Gasteiger partial charge in [0.15, 0.2) is 5.78 Å². The van der Waals surface area contributed by atoms with Crippen LogP contribution in [0.1, 0.15) is 61.4 Å². The van der Waals surface area contributed by atoms with E-state index in [9.17, 15) is 9.59 Å². The second-order valence-corrected chi connectivity index (χ2v) is 7.93. The van der Waals surface area contributed by atoms with Crippen molar-refractivity contribution < 1.29 is 14.3 Å². The molecule has 1 heterocycles. The van der Waals surface area contributed by atoms with Gasteiger partial charge in [-0.3, -0.25) is 9.59 Å². The van der Waals surface area contributed by atoms with E-state index in [0.717, 1.165) is 50.3 Å². The number of piperidine rings is 1. The molecule has 1 amide bonds. The second kappa shape index (κ2) is 10.9. The van der Waals surface area contributed by atoms with Gasteiger partial charge in [0.25, 0.3) is 0 Å². The van der Waals surface area contributed by atoms with Crippen LogP contribution < -0.4 is 10.1 Å². The fraction of sp³-hybridized carbons (Fsp3) is 0.440. The van der Waals surface area contributed by atoms with Crippen molar-refractivity contribution in [1.82, 2.24) is 4.90 Å². The van der Waals surface area contributed by atoms with Gasteiger partial charge in [0.2, 0.25) is 5.91 Å². The summed E-state index contributed by atoms with van der Waals surface area (Å²) in [4.78, 5) is 25.6. The summed E-state index contributed by atoms with van der Waals surface area (Å²) in [6, 6.07) is 15.7. The number of hydrogen-bond donors (Lipinski definition) is 1. The lowest BCUT2D eigenvalue weighted by molar-refractivity contribution is -0.115. The first-order valence-electron chi connectivity index (χ1n) is 10.9. The fourth-order valence-electron chi connectivity index (χ4n) is 3.89. The monoisotopic (exact) mass is 408 g/mol. The van der Waals surface area contributed by atoms with Crippen molar-refractivity contribution in [3.05, 3.63) is 59.7 Å². The lowest BCUT2D eigenvalue weighted by atomic mass is 9.89. The maximum Gasteiger partial charge on any atom is 0.224 e. The average Bonchev–Trinajstić information content (AvgIpc) is 2.77. The highest BCUT2D eigenvalue weighted by molar-refractivity contribution is 5.94. The first-order chi connectivity index (χ1) is 14.5. The predicted molar refractivity (Wildman–Crippen MR) is 120 cm³/mol. The number of hydrogen-bond acceptors (Lipinski definition) is 4. The smallest absolute Gasteiger partial charge is 0.224 e. The minimum Gasteiger partial charge on any atom is -0.494 e. The second-order valence-electron chi connectivity index (χ2n) is 7.93. The molecule has 0 aliphatic carbocycles. The number of carbonyl (C=O) groups excluding carboxylic acids is 2. The Morgan fingerprint density at radius 3 is 2.60 bits per heavy atom. The van der Waals surface area contributed by atoms with Crippen LogP contribution in [0.5, 0.6) is 5.75 Å². The Labute approximate surface area is 179 Å². The number of carbonyl (C=O) groups is 2. The first kappa shape index (κ1) is 22.0. The van der Waals surface area contributed by atoms with Gasteiger partial charge in [0.05, 0.1) is 6.61 Å². The summed E-state index contributed by atoms with van der Waals surface area (Å²) in [5, 5.41) is 2.96. The molecule has 2 aromatic carbocycles. The SMILES string of the molecule is CCC(=O)Nc1cccc(C2CCN(CCCOc3cccc(C(C)=O)c3)CC2)c1. The fourth-order valence-corrected chi connectivity index (χ4v) is 3.89. The molecule has 0 atom stereocenters. The topological polar surface area (TPSA) is 58.6 Å². The molecule has 2 aromatic rings. The van der Waals surface area contributed by atoms with E-state index in [0.29, 0.717) is 24.5 Å². The van der Waals surface area contributed by atoms with E-state index in [4.69, 9.17) is 4.74 Å². The molecule has 0 bridgehead atoms. The van der Waals surface area contributed by atoms with Crippen LogP contribution in [0.4, 0.5) is 5.69 Å². The van der Waals surface area contributed by atoms with Crippen LogP contribution in [0.25, 0.3) is 0 Å². The van der Waals surface area contributed by atoms with E-state index in [2.05, 4.69) is 22.3 Å². The molecule has 0 saturated carbocycles. The molecule has 3 rings (SSSR count). The first-order valence-corrected chi connectivity index (χ1v) is 10.9. The van der Waals surface area contributed by atoms with Crippen LogP contribution >= 0.6 is 0 Å². The molecule has 160 valence electrons. The highest BCUT2D eigenvalue weighted by Crippen LogP contribution is 2.29. The van der Waals surface area contributed by atoms with Crippen LogP contribution in [-0.2, 0) is 4.79 Å². The van der Waals surface area contributed by atoms with Gasteiger partial charge in [-0.05, 0) is 75.0 Å². The van der Waals surface area contributed by atoms with Crippen LogP contribution in [-0.4, -0.2) is 42.8 Å². The molecule has 1 fully saturated rings. The quantitative estimate of drug-likeness (QED) is 0.474. The van der Waals surface area contributed by atoms with Crippen LogP contribution in [0.2, 0.25) is 0 Å². The summed E-state index contributed by atoms with van der Waals surface area (Å²) in [5.41, 5.74) is 2.90. The Balaban J connectivity index is 1.40. The van der Waals surface area contributed by atoms with Gasteiger partial charge in [-0.1, -0.05) is 31.2 Å². The highest BCUT2D eigenvalue weighted by atomic mass is 16.5. The number of amides is 1. The van der Waals surface area contributed by atoms with Gasteiger partial charge in [-0.15, -0.1) is 0 Å². The molecule has 0 radical (unpaired) electrons. The molecule has 0 aromatic heterocycles. The molecule has 5 nitrogen and oxygen atoms in total. The molecule has 1 aliphatic heterocycles. The molecule has 30 heavy (non-hydrogen) atoms. The number of anilines is 1. The standard InChI is InChI=1S/C25H32N2O3/c1-3-25(29)26-23-9-4-8-22(17-23)20-11-14-27(15-12-20)13-6-16-30-24-10-5-7-21(18-24)19(2)28/h4-5,7-10,17-18,20H,3,6,11-16H2,1-2H3,(H,26,29). The van der Waals surface area contributed by atoms with Crippen molar-refractivity contribution in [1.29, 1.82) is 0 Å². The molecular weight excluding hydrogens is 376 g/mol. The molecule has 1 N–H and O–H groups in total. The number of rotatable bonds is 9. The van der Waals surface area contributed by atoms with Gasteiger partial charge in [-0.2, -0.15) is 0 Å². The summed E-state index contributed by atoms with van der Waals surface area (Å²) in [7, 11) is 0. The minimum atomic E-state index is 0.0530. The summed E-state index contributed by atoms with van der Waals surface area (Å²) in [6.45, 7) is 7.27. The zero-order chi connectivity index (χ0) is 21.3. The number of ether oxygens (including phenoxy) is 1. The molecule has 1 aliphatic rings. The third-order valence-corrected chi connectivity index (χ3v) is 5.68. The van der Waals surface area contributed by atoms with E-state index in [1.165, 1.54) is 5.56 Å². The number of nitrogens with one attached hydrogen (secondary N) is 1. The molecule has 0 spiro atoms. The van der Waals surface area contributed by atoms with E-state index in [-0.39, 0.29) is 11.7 Å². The summed E-state index contributed by atoms with van der Waals surface area (Å²) >= 11 is 0. The van der Waals surface area contributed by atoms with Gasteiger partial charge in [0, 0.05) is 24.2 Å². The Bertz CT molecular complexity index is 857. The molecule has 5 heteroatoms. The maximum absolute atomic E-state index is 11.6. The Morgan fingerprint density at radius 2 is 1.87 bits per heavy atom. The summed E-state index contributed by atoms with van der Waals surface area (Å²) < 4.78 is 5.82. The van der Waals surface area contributed by atoms with Crippen LogP contribution in [0, 0.1) is 0 Å². The average molecular weight is 409 g/mol. The lowest BCUT2D eigenvalue weighted by Crippen LogP contribution is -2.34. The zero-order valence-electron chi connectivity index (χ0n) is 18.0. The third kappa shape index (κ3) is 6.42. The van der Waals surface area contributed by atoms with Crippen molar-refractivity contribution in [2.75, 3.05) is 31.6 Å². The van der Waals surface area contributed by atoms with Crippen molar-refractivity contribution in [3.63, 3.8) is 0 Å². The van der Waals surface area contributed by atoms with Crippen LogP contribution in [0.3, 0.4) is 0 Å². The largest absolute Gasteiger partial charge is 0.494 e. The number of likely N-dealkylation sites (tertiary alicyclic amines) is 1. The van der Waals surface area contributed by atoms with Crippen molar-refractivity contribution >= 4 is 17.4 Å².